The van der Waals surface area contributed by atoms with Gasteiger partial charge in [0.15, 0.2) is 0 Å². The van der Waals surface area contributed by atoms with E-state index >= 15 is 0 Å². The van der Waals surface area contributed by atoms with Gasteiger partial charge in [-0.2, -0.15) is 0 Å². The topological polar surface area (TPSA) is 67.6 Å². The average Bonchev–Trinajstić information content (AvgIpc) is 2.53. The first-order chi connectivity index (χ1) is 10.2. The zero-order valence-electron chi connectivity index (χ0n) is 12.7. The fourth-order valence-electron chi connectivity index (χ4n) is 2.74. The highest BCUT2D eigenvalue weighted by atomic mass is 16.5. The van der Waals surface area contributed by atoms with Gasteiger partial charge in [0.2, 0.25) is 5.91 Å². The summed E-state index contributed by atoms with van der Waals surface area (Å²) in [6, 6.07) is 8.20. The van der Waals surface area contributed by atoms with Gasteiger partial charge in [0.25, 0.3) is 0 Å². The van der Waals surface area contributed by atoms with Crippen LogP contribution >= 0.6 is 0 Å². The molecule has 1 fully saturated rings. The molecule has 1 aliphatic heterocycles. The Labute approximate surface area is 126 Å². The van der Waals surface area contributed by atoms with E-state index in [0.717, 1.165) is 51.3 Å². The predicted molar refractivity (Wildman–Crippen MR) is 82.6 cm³/mol. The van der Waals surface area contributed by atoms with Crippen LogP contribution in [0.1, 0.15) is 31.7 Å². The Morgan fingerprint density at radius 2 is 2.38 bits per heavy atom. The van der Waals surface area contributed by atoms with E-state index in [-0.39, 0.29) is 11.8 Å². The summed E-state index contributed by atoms with van der Waals surface area (Å²) in [5, 5.41) is 0. The summed E-state index contributed by atoms with van der Waals surface area (Å²) < 4.78 is 5.66. The number of benzene rings is 1. The van der Waals surface area contributed by atoms with E-state index in [1.807, 2.05) is 12.1 Å². The van der Waals surface area contributed by atoms with Crippen LogP contribution in [0.25, 0.3) is 0 Å². The molecule has 0 aliphatic carbocycles. The molecule has 1 saturated heterocycles. The van der Waals surface area contributed by atoms with Gasteiger partial charge in [0.05, 0.1) is 12.5 Å². The molecule has 1 amide bonds. The highest BCUT2D eigenvalue weighted by molar-refractivity contribution is 5.78. The largest absolute Gasteiger partial charge is 0.494 e. The van der Waals surface area contributed by atoms with Crippen molar-refractivity contribution in [1.82, 2.24) is 10.3 Å². The molecule has 5 nitrogen and oxygen atoms in total. The molecule has 0 saturated carbocycles. The monoisotopic (exact) mass is 291 g/mol. The number of piperidine rings is 1. The summed E-state index contributed by atoms with van der Waals surface area (Å²) in [5.41, 5.74) is 3.49. The minimum atomic E-state index is -0.0558. The van der Waals surface area contributed by atoms with Gasteiger partial charge in [-0.3, -0.25) is 15.1 Å². The van der Waals surface area contributed by atoms with Crippen LogP contribution < -0.4 is 16.0 Å². The van der Waals surface area contributed by atoms with E-state index < -0.39 is 0 Å². The van der Waals surface area contributed by atoms with Gasteiger partial charge in [-0.05, 0) is 43.5 Å². The zero-order valence-corrected chi connectivity index (χ0v) is 12.7. The summed E-state index contributed by atoms with van der Waals surface area (Å²) in [6.07, 6.45) is 2.95. The number of nitrogens with two attached hydrogens (primary N) is 1. The Hall–Kier alpha value is -1.59. The Balaban J connectivity index is 1.93. The Morgan fingerprint density at radius 3 is 3.14 bits per heavy atom. The van der Waals surface area contributed by atoms with Crippen molar-refractivity contribution in [3.63, 3.8) is 0 Å². The van der Waals surface area contributed by atoms with Crippen molar-refractivity contribution in [2.75, 3.05) is 19.7 Å². The molecule has 1 aromatic rings. The number of likely N-dealkylation sites (tertiary alicyclic amines) is 1. The molecule has 5 heteroatoms. The third-order valence-electron chi connectivity index (χ3n) is 3.80. The number of hydrogen-bond acceptors (Lipinski definition) is 4. The van der Waals surface area contributed by atoms with Crippen LogP contribution in [-0.4, -0.2) is 30.5 Å². The molecule has 3 N–H and O–H groups in total. The maximum atomic E-state index is 11.7. The molecule has 0 bridgehead atoms. The molecule has 1 aromatic carbocycles. The summed E-state index contributed by atoms with van der Waals surface area (Å²) in [5.74, 6) is 6.10. The van der Waals surface area contributed by atoms with Crippen molar-refractivity contribution < 1.29 is 9.53 Å². The number of hydrogen-bond donors (Lipinski definition) is 2. The number of amides is 1. The van der Waals surface area contributed by atoms with Crippen LogP contribution in [0.5, 0.6) is 5.75 Å². The van der Waals surface area contributed by atoms with E-state index in [4.69, 9.17) is 10.6 Å². The lowest BCUT2D eigenvalue weighted by atomic mass is 9.97. The molecule has 0 radical (unpaired) electrons. The predicted octanol–water partition coefficient (Wildman–Crippen LogP) is 1.68. The molecule has 1 unspecified atom stereocenters. The summed E-state index contributed by atoms with van der Waals surface area (Å²) in [7, 11) is 0. The zero-order chi connectivity index (χ0) is 15.1. The van der Waals surface area contributed by atoms with Gasteiger partial charge in [0, 0.05) is 13.1 Å². The smallest absolute Gasteiger partial charge is 0.238 e. The minimum Gasteiger partial charge on any atom is -0.494 e. The highest BCUT2D eigenvalue weighted by Gasteiger charge is 2.25. The molecule has 0 spiro atoms. The maximum absolute atomic E-state index is 11.7. The maximum Gasteiger partial charge on any atom is 0.238 e. The molecule has 21 heavy (non-hydrogen) atoms. The number of rotatable bonds is 6. The van der Waals surface area contributed by atoms with Crippen molar-refractivity contribution in [2.24, 2.45) is 11.8 Å². The van der Waals surface area contributed by atoms with Gasteiger partial charge in [-0.15, -0.1) is 0 Å². The number of ether oxygens (including phenoxy) is 1. The second kappa shape index (κ2) is 8.00. The molecule has 1 aliphatic rings. The number of nitrogens with one attached hydrogen (secondary N) is 1. The van der Waals surface area contributed by atoms with Gasteiger partial charge < -0.3 is 4.74 Å². The van der Waals surface area contributed by atoms with Gasteiger partial charge >= 0.3 is 0 Å². The molecule has 0 aromatic heterocycles. The van der Waals surface area contributed by atoms with Crippen LogP contribution in [0.15, 0.2) is 24.3 Å². The van der Waals surface area contributed by atoms with E-state index in [1.165, 1.54) is 5.56 Å². The van der Waals surface area contributed by atoms with Gasteiger partial charge in [0.1, 0.15) is 5.75 Å². The fraction of sp³-hybridized carbons (Fsp3) is 0.562. The summed E-state index contributed by atoms with van der Waals surface area (Å²) in [4.78, 5) is 14.0. The molecular weight excluding hydrogens is 266 g/mol. The van der Waals surface area contributed by atoms with Crippen molar-refractivity contribution >= 4 is 5.91 Å². The van der Waals surface area contributed by atoms with E-state index in [2.05, 4.69) is 29.4 Å². The first kappa shape index (κ1) is 15.8. The second-order valence-electron chi connectivity index (χ2n) is 5.58. The molecule has 1 atom stereocenters. The lowest BCUT2D eigenvalue weighted by molar-refractivity contribution is -0.126. The molecular formula is C16H25N3O2. The van der Waals surface area contributed by atoms with Crippen molar-refractivity contribution in [2.45, 2.75) is 32.7 Å². The fourth-order valence-corrected chi connectivity index (χ4v) is 2.74. The van der Waals surface area contributed by atoms with Gasteiger partial charge in [-0.1, -0.05) is 19.1 Å². The third-order valence-corrected chi connectivity index (χ3v) is 3.80. The number of nitrogens with zero attached hydrogens (tertiary/aromatic N) is 1. The van der Waals surface area contributed by atoms with Crippen molar-refractivity contribution in [1.29, 1.82) is 0 Å². The lowest BCUT2D eigenvalue weighted by Gasteiger charge is -2.31. The van der Waals surface area contributed by atoms with Gasteiger partial charge in [-0.25, -0.2) is 5.84 Å². The standard InChI is InChI=1S/C16H25N3O2/c1-2-9-21-15-7-3-5-13(10-15)11-19-8-4-6-14(12-19)16(20)18-17/h3,5,7,10,14H,2,4,6,8-9,11-12,17H2,1H3,(H,18,20). The first-order valence-corrected chi connectivity index (χ1v) is 7.67. The van der Waals surface area contributed by atoms with Crippen molar-refractivity contribution in [3.05, 3.63) is 29.8 Å². The minimum absolute atomic E-state index is 0.00303. The average molecular weight is 291 g/mol. The Morgan fingerprint density at radius 1 is 1.52 bits per heavy atom. The SMILES string of the molecule is CCCOc1cccc(CN2CCCC(C(=O)NN)C2)c1. The van der Waals surface area contributed by atoms with Crippen LogP contribution in [-0.2, 0) is 11.3 Å². The normalized spacial score (nSPS) is 19.2. The van der Waals surface area contributed by atoms with Crippen LogP contribution in [0.2, 0.25) is 0 Å². The van der Waals surface area contributed by atoms with E-state index in [0.29, 0.717) is 0 Å². The highest BCUT2D eigenvalue weighted by Crippen LogP contribution is 2.20. The first-order valence-electron chi connectivity index (χ1n) is 7.67. The third kappa shape index (κ3) is 4.72. The molecule has 116 valence electrons. The van der Waals surface area contributed by atoms with E-state index in [9.17, 15) is 4.79 Å². The quantitative estimate of drug-likeness (QED) is 0.475. The number of carbonyl (C=O) groups excluding carboxylic acids is 1. The molecule has 2 rings (SSSR count). The number of carbonyl (C=O) groups is 1. The Bertz CT molecular complexity index is 465. The van der Waals surface area contributed by atoms with E-state index in [1.54, 1.807) is 0 Å². The van der Waals surface area contributed by atoms with Crippen LogP contribution in [0.3, 0.4) is 0 Å². The second-order valence-corrected chi connectivity index (χ2v) is 5.58. The summed E-state index contributed by atoms with van der Waals surface area (Å²) >= 11 is 0. The lowest BCUT2D eigenvalue weighted by Crippen LogP contribution is -2.44. The summed E-state index contributed by atoms with van der Waals surface area (Å²) in [6.45, 7) is 5.47. The van der Waals surface area contributed by atoms with Crippen LogP contribution in [0.4, 0.5) is 0 Å². The Kier molecular flexibility index (Phi) is 6.02. The van der Waals surface area contributed by atoms with Crippen molar-refractivity contribution in [3.8, 4) is 5.75 Å². The van der Waals surface area contributed by atoms with Crippen LogP contribution in [0, 0.1) is 5.92 Å². The number of hydrazine groups is 1. The molecule has 1 heterocycles.